The molecule has 1 saturated heterocycles. The lowest BCUT2D eigenvalue weighted by Crippen LogP contribution is -2.58. The van der Waals surface area contributed by atoms with Gasteiger partial charge in [-0.05, 0) is 6.04 Å². The Morgan fingerprint density at radius 3 is 2.89 bits per heavy atom. The normalized spacial score (nSPS) is 18.2. The lowest BCUT2D eigenvalue weighted by atomic mass is 10.3. The summed E-state index contributed by atoms with van der Waals surface area (Å²) in [5.74, 6) is 0.715. The minimum atomic E-state index is -4.91. The van der Waals surface area contributed by atoms with Crippen molar-refractivity contribution in [3.63, 3.8) is 0 Å². The molecule has 0 aliphatic carbocycles. The van der Waals surface area contributed by atoms with E-state index in [4.69, 9.17) is 30.2 Å². The maximum atomic E-state index is 13.3. The number of amides is 1. The predicted octanol–water partition coefficient (Wildman–Crippen LogP) is 1.08. The third-order valence-electron chi connectivity index (χ3n) is 6.13. The molecule has 0 unspecified atom stereocenters. The van der Waals surface area contributed by atoms with Crippen LogP contribution >= 0.6 is 11.6 Å². The Morgan fingerprint density at radius 1 is 1.32 bits per heavy atom. The van der Waals surface area contributed by atoms with Gasteiger partial charge >= 0.3 is 6.18 Å². The quantitative estimate of drug-likeness (QED) is 0.336. The molecule has 2 aromatic rings. The fourth-order valence-corrected chi connectivity index (χ4v) is 9.12. The molecule has 1 amide bonds. The fraction of sp³-hybridized carbons (Fsp3) is 0.524. The second kappa shape index (κ2) is 12.5. The lowest BCUT2D eigenvalue weighted by Gasteiger charge is -2.40. The number of alkyl halides is 3. The van der Waals surface area contributed by atoms with Crippen LogP contribution in [0.3, 0.4) is 0 Å². The number of carbonyl (C=O) groups excluding carboxylic acids is 1. The number of aromatic amines is 1. The summed E-state index contributed by atoms with van der Waals surface area (Å²) in [7, 11) is -2.71. The molecule has 2 aromatic heterocycles. The number of methoxy groups -OCH3 is 1. The van der Waals surface area contributed by atoms with Gasteiger partial charge in [0, 0.05) is 38.6 Å². The number of hydrogen-bond acceptors (Lipinski definition) is 9. The Kier molecular flexibility index (Phi) is 9.29. The van der Waals surface area contributed by atoms with Crippen LogP contribution in [0, 0.1) is 0 Å². The maximum Gasteiger partial charge on any atom is 0.425 e. The van der Waals surface area contributed by atoms with Gasteiger partial charge in [0.2, 0.25) is 5.91 Å². The van der Waals surface area contributed by atoms with Gasteiger partial charge in [0.15, 0.2) is 26.1 Å². The molecule has 4 heterocycles. The van der Waals surface area contributed by atoms with Gasteiger partial charge in [0.05, 0.1) is 43.3 Å². The highest BCUT2D eigenvalue weighted by molar-refractivity contribution is 6.64. The zero-order valence-corrected chi connectivity index (χ0v) is 23.6. The number of ether oxygens (including phenoxy) is 3. The van der Waals surface area contributed by atoms with Gasteiger partial charge in [-0.3, -0.25) is 9.59 Å². The van der Waals surface area contributed by atoms with Gasteiger partial charge in [0.25, 0.3) is 14.6 Å². The maximum absolute atomic E-state index is 13.3. The Balaban J connectivity index is 1.28. The third-order valence-corrected chi connectivity index (χ3v) is 11.4. The minimum Gasteiger partial charge on any atom is -0.540 e. The first kappa shape index (κ1) is 28.3. The van der Waals surface area contributed by atoms with Crippen molar-refractivity contribution in [1.82, 2.24) is 20.1 Å². The van der Waals surface area contributed by atoms with E-state index in [-0.39, 0.29) is 31.4 Å². The van der Waals surface area contributed by atoms with Crippen molar-refractivity contribution in [1.29, 1.82) is 0 Å². The van der Waals surface area contributed by atoms with Crippen LogP contribution in [0.15, 0.2) is 23.3 Å². The zero-order valence-electron chi connectivity index (χ0n) is 20.5. The summed E-state index contributed by atoms with van der Waals surface area (Å²) in [6.45, 7) is 1.80. The van der Waals surface area contributed by atoms with Crippen LogP contribution in [-0.2, 0) is 20.4 Å². The van der Waals surface area contributed by atoms with Gasteiger partial charge in [0.1, 0.15) is 5.75 Å². The smallest absolute Gasteiger partial charge is 0.425 e. The van der Waals surface area contributed by atoms with Crippen molar-refractivity contribution >= 4 is 41.3 Å². The lowest BCUT2D eigenvalue weighted by molar-refractivity contribution is -0.139. The number of nitrogens with zero attached hydrogens (tertiary/aromatic N) is 4. The van der Waals surface area contributed by atoms with Crippen LogP contribution in [0.2, 0.25) is 11.1 Å². The molecule has 2 aliphatic rings. The summed E-state index contributed by atoms with van der Waals surface area (Å²) >= 11 is 6.05. The minimum absolute atomic E-state index is 0.0152. The standard InChI is InChI=1S/C21H27ClF3N5O6Si2/c1-33-12-38(36-16-10-27-28-20(32)18(16)21(23,24)25)13-34-5-2-17(31)29-3-4-30-19-15(8-14(22)9-26-19)35-6-7-37(30)11-29/h8-10,37-38H,2-7,11-13H2,1H3,(H,28,32)/t37-,38-/m0/s1. The van der Waals surface area contributed by atoms with Crippen LogP contribution in [0.25, 0.3) is 0 Å². The largest absolute Gasteiger partial charge is 0.540 e. The van der Waals surface area contributed by atoms with E-state index in [9.17, 15) is 22.8 Å². The number of nitrogens with one attached hydrogen (secondary N) is 1. The van der Waals surface area contributed by atoms with Crippen molar-refractivity contribution in [2.75, 3.05) is 56.6 Å². The van der Waals surface area contributed by atoms with E-state index in [1.165, 1.54) is 7.11 Å². The number of carbonyl (C=O) groups is 1. The predicted molar refractivity (Wildman–Crippen MR) is 136 cm³/mol. The number of H-pyrrole nitrogens is 1. The Hall–Kier alpha value is -2.67. The summed E-state index contributed by atoms with van der Waals surface area (Å²) in [5, 5.41) is 5.68. The van der Waals surface area contributed by atoms with Gasteiger partial charge in [-0.15, -0.1) is 0 Å². The van der Waals surface area contributed by atoms with E-state index in [1.54, 1.807) is 17.4 Å². The molecule has 0 bridgehead atoms. The summed E-state index contributed by atoms with van der Waals surface area (Å²) in [6.07, 6.45) is -1.71. The Labute approximate surface area is 224 Å². The molecule has 11 nitrogen and oxygen atoms in total. The number of pyridine rings is 1. The molecule has 4 rings (SSSR count). The van der Waals surface area contributed by atoms with E-state index < -0.39 is 41.0 Å². The number of anilines is 1. The average Bonchev–Trinajstić information content (AvgIpc) is 3.04. The molecular formula is C21H27ClF3N5O6Si2. The van der Waals surface area contributed by atoms with Gasteiger partial charge in [-0.25, -0.2) is 10.1 Å². The first-order valence-corrected chi connectivity index (χ1v) is 16.5. The second-order valence-electron chi connectivity index (χ2n) is 8.76. The van der Waals surface area contributed by atoms with E-state index in [2.05, 4.69) is 14.6 Å². The van der Waals surface area contributed by atoms with Crippen molar-refractivity contribution < 1.29 is 36.6 Å². The first-order chi connectivity index (χ1) is 18.2. The summed E-state index contributed by atoms with van der Waals surface area (Å²) in [4.78, 5) is 30.8. The highest BCUT2D eigenvalue weighted by atomic mass is 35.5. The molecule has 1 N–H and O–H groups in total. The molecule has 1 fully saturated rings. The van der Waals surface area contributed by atoms with Crippen molar-refractivity contribution in [3.05, 3.63) is 39.4 Å². The van der Waals surface area contributed by atoms with Crippen molar-refractivity contribution in [2.45, 2.75) is 18.6 Å². The number of aromatic nitrogens is 3. The summed E-state index contributed by atoms with van der Waals surface area (Å²) < 4.78 is 64.2. The Morgan fingerprint density at radius 2 is 2.13 bits per heavy atom. The van der Waals surface area contributed by atoms with Gasteiger partial charge in [-0.1, -0.05) is 11.6 Å². The second-order valence-corrected chi connectivity index (χ2v) is 14.2. The molecule has 38 heavy (non-hydrogen) atoms. The van der Waals surface area contributed by atoms with Crippen LogP contribution in [0.5, 0.6) is 11.5 Å². The monoisotopic (exact) mass is 593 g/mol. The molecule has 2 atom stereocenters. The van der Waals surface area contributed by atoms with Crippen molar-refractivity contribution in [3.8, 4) is 11.5 Å². The SMILES string of the molecule is COC[Si@@H](COCCC(=O)N1CCN2c3ncc(Cl)cc3OCC[Si@H]2C1)Oc1cn[nH]c(=O)c1C(F)(F)F. The van der Waals surface area contributed by atoms with Crippen LogP contribution < -0.4 is 19.3 Å². The number of fused-ring (bicyclic) bond motifs is 3. The molecular weight excluding hydrogens is 567 g/mol. The Bertz CT molecular complexity index is 1190. The number of rotatable bonds is 9. The van der Waals surface area contributed by atoms with Crippen molar-refractivity contribution in [2.24, 2.45) is 0 Å². The molecule has 0 radical (unpaired) electrons. The molecule has 0 spiro atoms. The third kappa shape index (κ3) is 6.85. The van der Waals surface area contributed by atoms with Gasteiger partial charge < -0.3 is 28.1 Å². The zero-order chi connectivity index (χ0) is 27.3. The fourth-order valence-electron chi connectivity index (χ4n) is 4.40. The molecule has 2 aliphatic heterocycles. The van der Waals surface area contributed by atoms with E-state index in [0.717, 1.165) is 18.1 Å². The number of halogens is 4. The van der Waals surface area contributed by atoms with Crippen LogP contribution in [-0.4, -0.2) is 96.0 Å². The molecule has 208 valence electrons. The van der Waals surface area contributed by atoms with E-state index >= 15 is 0 Å². The summed E-state index contributed by atoms with van der Waals surface area (Å²) in [6, 6.07) is 2.61. The molecule has 17 heteroatoms. The topological polar surface area (TPSA) is 119 Å². The first-order valence-electron chi connectivity index (χ1n) is 11.9. The van der Waals surface area contributed by atoms with E-state index in [0.29, 0.717) is 36.6 Å². The molecule has 0 aromatic carbocycles. The highest BCUT2D eigenvalue weighted by Gasteiger charge is 2.39. The van der Waals surface area contributed by atoms with E-state index in [1.807, 2.05) is 4.90 Å². The molecule has 0 saturated carbocycles. The van der Waals surface area contributed by atoms with Crippen LogP contribution in [0.1, 0.15) is 12.0 Å². The summed E-state index contributed by atoms with van der Waals surface area (Å²) in [5.41, 5.74) is -2.84. The average molecular weight is 594 g/mol. The van der Waals surface area contributed by atoms with Crippen LogP contribution in [0.4, 0.5) is 19.0 Å². The number of hydrogen-bond donors (Lipinski definition) is 1. The highest BCUT2D eigenvalue weighted by Crippen LogP contribution is 2.34. The van der Waals surface area contributed by atoms with Gasteiger partial charge in [-0.2, -0.15) is 18.3 Å².